The molecule has 4 aromatic rings. The van der Waals surface area contributed by atoms with Crippen LogP contribution in [0.2, 0.25) is 0 Å². The largest absolute Gasteiger partial charge is 0.416 e. The third-order valence-corrected chi connectivity index (χ3v) is 7.62. The van der Waals surface area contributed by atoms with Gasteiger partial charge in [0.25, 0.3) is 0 Å². The highest BCUT2D eigenvalue weighted by Crippen LogP contribution is 2.35. The fraction of sp³-hybridized carbons (Fsp3) is 0.217. The molecule has 0 saturated heterocycles. The molecule has 1 N–H and O–H groups in total. The summed E-state index contributed by atoms with van der Waals surface area (Å²) in [5, 5.41) is 4.12. The van der Waals surface area contributed by atoms with Gasteiger partial charge in [-0.3, -0.25) is 4.79 Å². The van der Waals surface area contributed by atoms with Crippen molar-refractivity contribution in [1.82, 2.24) is 15.0 Å². The highest BCUT2D eigenvalue weighted by atomic mass is 32.2. The quantitative estimate of drug-likeness (QED) is 0.292. The maximum absolute atomic E-state index is 12.7. The lowest BCUT2D eigenvalue weighted by Crippen LogP contribution is -2.30. The summed E-state index contributed by atoms with van der Waals surface area (Å²) in [6, 6.07) is 12.7. The van der Waals surface area contributed by atoms with Gasteiger partial charge in [0, 0.05) is 18.8 Å². The number of nitrogens with zero attached hydrogens (tertiary/aromatic N) is 4. The molecule has 5 rings (SSSR count). The van der Waals surface area contributed by atoms with Gasteiger partial charge in [-0.15, -0.1) is 0 Å². The van der Waals surface area contributed by atoms with Gasteiger partial charge in [0.15, 0.2) is 10.8 Å². The fourth-order valence-corrected chi connectivity index (χ4v) is 5.61. The molecule has 0 unspecified atom stereocenters. The number of rotatable bonds is 5. The molecule has 1 aliphatic heterocycles. The molecule has 0 aliphatic carbocycles. The van der Waals surface area contributed by atoms with Gasteiger partial charge in [-0.05, 0) is 41.8 Å². The van der Waals surface area contributed by atoms with Crippen LogP contribution in [0.5, 0.6) is 0 Å². The molecule has 0 saturated carbocycles. The molecular formula is C23H18F3N5OS2. The summed E-state index contributed by atoms with van der Waals surface area (Å²) in [6.07, 6.45) is -2.04. The Morgan fingerprint density at radius 3 is 2.62 bits per heavy atom. The number of hydrogen-bond acceptors (Lipinski definition) is 7. The lowest BCUT2D eigenvalue weighted by molar-refractivity contribution is -0.137. The van der Waals surface area contributed by atoms with Crippen LogP contribution in [0.15, 0.2) is 59.9 Å². The number of carbonyl (C=O) groups excluding carboxylic acids is 1. The number of amides is 1. The van der Waals surface area contributed by atoms with Crippen molar-refractivity contribution in [2.24, 2.45) is 0 Å². The second-order valence-corrected chi connectivity index (χ2v) is 9.62. The normalized spacial score (nSPS) is 13.7. The predicted octanol–water partition coefficient (Wildman–Crippen LogP) is 5.40. The molecule has 0 fully saturated rings. The highest BCUT2D eigenvalue weighted by Gasteiger charge is 2.30. The van der Waals surface area contributed by atoms with Crippen LogP contribution in [-0.2, 0) is 23.9 Å². The number of thioether (sulfide) groups is 1. The number of anilines is 2. The van der Waals surface area contributed by atoms with Crippen LogP contribution in [0.25, 0.3) is 10.3 Å². The smallest absolute Gasteiger partial charge is 0.343 e. The van der Waals surface area contributed by atoms with Crippen LogP contribution in [0, 0.1) is 0 Å². The molecule has 1 amide bonds. The molecule has 11 heteroatoms. The van der Waals surface area contributed by atoms with E-state index in [1.165, 1.54) is 52.7 Å². The zero-order valence-corrected chi connectivity index (χ0v) is 19.3. The van der Waals surface area contributed by atoms with Gasteiger partial charge in [0.1, 0.15) is 16.1 Å². The van der Waals surface area contributed by atoms with E-state index in [0.29, 0.717) is 16.4 Å². The van der Waals surface area contributed by atoms with E-state index in [-0.39, 0.29) is 11.7 Å². The zero-order chi connectivity index (χ0) is 23.7. The Morgan fingerprint density at radius 1 is 1.09 bits per heavy atom. The Bertz CT molecular complexity index is 1340. The van der Waals surface area contributed by atoms with Gasteiger partial charge >= 0.3 is 6.18 Å². The first-order chi connectivity index (χ1) is 16.4. The van der Waals surface area contributed by atoms with E-state index in [2.05, 4.69) is 43.4 Å². The minimum Gasteiger partial charge on any atom is -0.343 e. The molecule has 174 valence electrons. The van der Waals surface area contributed by atoms with Crippen molar-refractivity contribution in [1.29, 1.82) is 0 Å². The lowest BCUT2D eigenvalue weighted by atomic mass is 10.0. The number of alkyl halides is 3. The van der Waals surface area contributed by atoms with Gasteiger partial charge in [-0.2, -0.15) is 18.2 Å². The third kappa shape index (κ3) is 4.85. The Labute approximate surface area is 201 Å². The van der Waals surface area contributed by atoms with Gasteiger partial charge in [-0.1, -0.05) is 47.4 Å². The fourth-order valence-electron chi connectivity index (χ4n) is 3.69. The number of aromatic nitrogens is 3. The average molecular weight is 502 g/mol. The monoisotopic (exact) mass is 501 g/mol. The first-order valence-electron chi connectivity index (χ1n) is 10.4. The van der Waals surface area contributed by atoms with Crippen molar-refractivity contribution in [2.45, 2.75) is 24.2 Å². The zero-order valence-electron chi connectivity index (χ0n) is 17.7. The van der Waals surface area contributed by atoms with Crippen molar-refractivity contribution in [2.75, 3.05) is 22.5 Å². The van der Waals surface area contributed by atoms with Gasteiger partial charge < -0.3 is 10.2 Å². The highest BCUT2D eigenvalue weighted by molar-refractivity contribution is 8.00. The third-order valence-electron chi connectivity index (χ3n) is 5.38. The van der Waals surface area contributed by atoms with E-state index in [4.69, 9.17) is 0 Å². The lowest BCUT2D eigenvalue weighted by Gasteiger charge is -2.28. The summed E-state index contributed by atoms with van der Waals surface area (Å²) >= 11 is 2.74. The molecule has 6 nitrogen and oxygen atoms in total. The van der Waals surface area contributed by atoms with Crippen LogP contribution < -0.4 is 10.2 Å². The molecule has 0 atom stereocenters. The molecule has 34 heavy (non-hydrogen) atoms. The van der Waals surface area contributed by atoms with E-state index in [9.17, 15) is 18.0 Å². The second kappa shape index (κ2) is 9.22. The SMILES string of the molecule is O=C(CSc1ncnc2nc(N3CCc4ccccc4C3)sc12)Nc1ccc(C(F)(F)F)cc1. The number of carbonyl (C=O) groups is 1. The van der Waals surface area contributed by atoms with Crippen molar-refractivity contribution in [3.8, 4) is 0 Å². The van der Waals surface area contributed by atoms with Crippen LogP contribution in [0.4, 0.5) is 24.0 Å². The molecule has 1 aliphatic rings. The first kappa shape index (κ1) is 22.6. The molecule has 0 spiro atoms. The Balaban J connectivity index is 1.26. The Morgan fingerprint density at radius 2 is 1.85 bits per heavy atom. The van der Waals surface area contributed by atoms with Crippen LogP contribution in [0.1, 0.15) is 16.7 Å². The molecular weight excluding hydrogens is 483 g/mol. The summed E-state index contributed by atoms with van der Waals surface area (Å²) < 4.78 is 38.9. The summed E-state index contributed by atoms with van der Waals surface area (Å²) in [5.41, 5.74) is 2.77. The number of halogens is 3. The van der Waals surface area contributed by atoms with E-state index in [1.807, 2.05) is 6.07 Å². The number of fused-ring (bicyclic) bond motifs is 2. The molecule has 3 heterocycles. The minimum atomic E-state index is -4.41. The summed E-state index contributed by atoms with van der Waals surface area (Å²) in [5.74, 6) is -0.286. The maximum atomic E-state index is 12.7. The van der Waals surface area contributed by atoms with Crippen molar-refractivity contribution in [3.63, 3.8) is 0 Å². The number of benzene rings is 2. The topological polar surface area (TPSA) is 71.0 Å². The van der Waals surface area contributed by atoms with Crippen molar-refractivity contribution in [3.05, 3.63) is 71.5 Å². The van der Waals surface area contributed by atoms with Gasteiger partial charge in [0.2, 0.25) is 5.91 Å². The Hall–Kier alpha value is -3.18. The van der Waals surface area contributed by atoms with E-state index in [0.717, 1.165) is 41.5 Å². The van der Waals surface area contributed by atoms with Gasteiger partial charge in [-0.25, -0.2) is 9.97 Å². The number of hydrogen-bond donors (Lipinski definition) is 1. The summed E-state index contributed by atoms with van der Waals surface area (Å²) in [4.78, 5) is 27.9. The minimum absolute atomic E-state index is 0.0530. The van der Waals surface area contributed by atoms with E-state index in [1.54, 1.807) is 0 Å². The first-order valence-corrected chi connectivity index (χ1v) is 12.2. The van der Waals surface area contributed by atoms with Crippen LogP contribution >= 0.6 is 23.1 Å². The van der Waals surface area contributed by atoms with E-state index < -0.39 is 11.7 Å². The van der Waals surface area contributed by atoms with Crippen LogP contribution in [-0.4, -0.2) is 33.2 Å². The molecule has 0 radical (unpaired) electrons. The summed E-state index contributed by atoms with van der Waals surface area (Å²) in [6.45, 7) is 1.64. The van der Waals surface area contributed by atoms with Crippen molar-refractivity contribution >= 4 is 50.2 Å². The molecule has 2 aromatic carbocycles. The van der Waals surface area contributed by atoms with E-state index >= 15 is 0 Å². The number of thiazole rings is 1. The maximum Gasteiger partial charge on any atom is 0.416 e. The molecule has 2 aromatic heterocycles. The van der Waals surface area contributed by atoms with Gasteiger partial charge in [0.05, 0.1) is 11.3 Å². The standard InChI is InChI=1S/C23H18F3N5OS2/c24-23(25,26)16-5-7-17(8-6-16)29-18(32)12-33-21-19-20(27-13-28-21)30-22(34-19)31-10-9-14-3-1-2-4-15(14)11-31/h1-8,13H,9-12H2,(H,29,32). The van der Waals surface area contributed by atoms with Crippen LogP contribution in [0.3, 0.4) is 0 Å². The Kier molecular flexibility index (Phi) is 6.13. The predicted molar refractivity (Wildman–Crippen MR) is 127 cm³/mol. The second-order valence-electron chi connectivity index (χ2n) is 7.68. The average Bonchev–Trinajstić information content (AvgIpc) is 3.27. The number of nitrogens with one attached hydrogen (secondary N) is 1. The molecule has 0 bridgehead atoms. The van der Waals surface area contributed by atoms with Crippen molar-refractivity contribution < 1.29 is 18.0 Å². The summed E-state index contributed by atoms with van der Waals surface area (Å²) in [7, 11) is 0.